The van der Waals surface area contributed by atoms with Gasteiger partial charge in [0, 0.05) is 66.6 Å². The largest absolute Gasteiger partial charge is 0.464 e. The van der Waals surface area contributed by atoms with Crippen molar-refractivity contribution in [1.82, 2.24) is 25.0 Å². The Kier molecular flexibility index (Phi) is 17.0. The third kappa shape index (κ3) is 10.5. The van der Waals surface area contributed by atoms with Crippen molar-refractivity contribution in [1.29, 1.82) is 0 Å². The SMILES string of the molecule is COC(=O)NC(C(=O)N1CCC[C@H]1C1=NC=C(c2ccc3c(c2)cc2n3C(c3ccc(C4CC4)s3)Oc3cc(C4=CN=C([C@@H]5CCCN5C(=O)[C@@H](NC(=O)OC)C(C)C)C4)cc(F)c3-2)C1)C1CCCCO1.S.S.S. The van der Waals surface area contributed by atoms with Gasteiger partial charge in [-0.3, -0.25) is 24.1 Å². The summed E-state index contributed by atoms with van der Waals surface area (Å²) >= 11 is 1.75. The fourth-order valence-corrected chi connectivity index (χ4v) is 12.6. The number of likely N-dealkylation sites (tertiary alicyclic amines) is 2. The molecule has 4 fully saturated rings. The number of nitrogens with zero attached hydrogens (tertiary/aromatic N) is 5. The van der Waals surface area contributed by atoms with E-state index in [-0.39, 0.29) is 70.3 Å². The van der Waals surface area contributed by atoms with Crippen molar-refractivity contribution in [3.05, 3.63) is 87.6 Å². The van der Waals surface area contributed by atoms with E-state index in [0.29, 0.717) is 61.8 Å². The van der Waals surface area contributed by atoms with Gasteiger partial charge in [-0.15, -0.1) is 11.3 Å². The molecule has 20 heteroatoms. The number of aliphatic imine (C=N–C) groups is 2. The predicted octanol–water partition coefficient (Wildman–Crippen LogP) is 9.69. The molecule has 0 spiro atoms. The van der Waals surface area contributed by atoms with Gasteiger partial charge in [0.1, 0.15) is 23.7 Å². The number of alkyl carbamates (subject to hydrolysis) is 2. The topological polar surface area (TPSA) is 165 Å². The van der Waals surface area contributed by atoms with Crippen molar-refractivity contribution in [2.75, 3.05) is 33.9 Å². The number of halogens is 1. The average Bonchev–Trinajstić information content (AvgIpc) is 4.11. The average molecular weight is 1090 g/mol. The van der Waals surface area contributed by atoms with Crippen LogP contribution in [0.15, 0.2) is 70.9 Å². The lowest BCUT2D eigenvalue weighted by atomic mass is 9.95. The number of hydrogen-bond acceptors (Lipinski definition) is 11. The van der Waals surface area contributed by atoms with Gasteiger partial charge in [-0.2, -0.15) is 40.5 Å². The zero-order valence-electron chi connectivity index (χ0n) is 42.1. The minimum Gasteiger partial charge on any atom is -0.464 e. The van der Waals surface area contributed by atoms with Crippen LogP contribution in [0, 0.1) is 11.7 Å². The highest BCUT2D eigenvalue weighted by molar-refractivity contribution is 7.59. The van der Waals surface area contributed by atoms with E-state index in [9.17, 15) is 19.2 Å². The number of aromatic nitrogens is 1. The molecule has 3 unspecified atom stereocenters. The normalized spacial score (nSPS) is 22.6. The number of carbonyl (C=O) groups is 4. The van der Waals surface area contributed by atoms with E-state index >= 15 is 4.39 Å². The lowest BCUT2D eigenvalue weighted by Crippen LogP contribution is -2.57. The first-order valence-corrected chi connectivity index (χ1v) is 26.0. The first-order valence-electron chi connectivity index (χ1n) is 25.2. The number of amides is 4. The molecule has 6 aliphatic heterocycles. The molecule has 1 aliphatic carbocycles. The van der Waals surface area contributed by atoms with Gasteiger partial charge in [0.2, 0.25) is 18.0 Å². The fraction of sp³-hybridized carbons (Fsp3) is 0.481. The number of thiophene rings is 1. The zero-order chi connectivity index (χ0) is 49.1. The highest BCUT2D eigenvalue weighted by Gasteiger charge is 2.43. The third-order valence-electron chi connectivity index (χ3n) is 15.3. The molecule has 396 valence electrons. The van der Waals surface area contributed by atoms with E-state index in [1.807, 2.05) is 35.9 Å². The van der Waals surface area contributed by atoms with Crippen molar-refractivity contribution >= 4 is 109 Å². The maximum Gasteiger partial charge on any atom is 0.407 e. The number of hydrogen-bond donors (Lipinski definition) is 2. The second-order valence-corrected chi connectivity index (χ2v) is 21.3. The van der Waals surface area contributed by atoms with Crippen LogP contribution in [0.2, 0.25) is 0 Å². The van der Waals surface area contributed by atoms with Crippen LogP contribution in [0.25, 0.3) is 33.3 Å². The lowest BCUT2D eigenvalue weighted by molar-refractivity contribution is -0.138. The Labute approximate surface area is 455 Å². The minimum absolute atomic E-state index is 0. The van der Waals surface area contributed by atoms with Gasteiger partial charge in [0.25, 0.3) is 0 Å². The summed E-state index contributed by atoms with van der Waals surface area (Å²) in [6.07, 6.45) is 10.4. The molecule has 0 radical (unpaired) electrons. The Morgan fingerprint density at radius 1 is 0.743 bits per heavy atom. The summed E-state index contributed by atoms with van der Waals surface area (Å²) in [6, 6.07) is 14.2. The predicted molar refractivity (Wildman–Crippen MR) is 300 cm³/mol. The molecule has 3 saturated heterocycles. The van der Waals surface area contributed by atoms with Crippen LogP contribution in [0.1, 0.15) is 118 Å². The Bertz CT molecular complexity index is 2940. The number of benzene rings is 2. The molecule has 74 heavy (non-hydrogen) atoms. The molecule has 8 heterocycles. The first-order chi connectivity index (χ1) is 34.5. The van der Waals surface area contributed by atoms with Gasteiger partial charge in [-0.25, -0.2) is 14.0 Å². The molecule has 4 aromatic rings. The summed E-state index contributed by atoms with van der Waals surface area (Å²) in [5.74, 6) is 0.115. The second kappa shape index (κ2) is 22.9. The van der Waals surface area contributed by atoms with E-state index in [4.69, 9.17) is 28.9 Å². The van der Waals surface area contributed by atoms with Crippen LogP contribution in [0.5, 0.6) is 5.75 Å². The van der Waals surface area contributed by atoms with Crippen LogP contribution in [0.3, 0.4) is 0 Å². The molecule has 2 aromatic heterocycles. The summed E-state index contributed by atoms with van der Waals surface area (Å²) in [7, 11) is 2.58. The summed E-state index contributed by atoms with van der Waals surface area (Å²) in [5, 5.41) is 6.43. The van der Waals surface area contributed by atoms with Gasteiger partial charge in [0.05, 0.1) is 54.1 Å². The van der Waals surface area contributed by atoms with Crippen LogP contribution in [0.4, 0.5) is 14.0 Å². The quantitative estimate of drug-likeness (QED) is 0.142. The number of nitrogens with one attached hydrogen (secondary N) is 2. The molecule has 2 aromatic carbocycles. The maximum absolute atomic E-state index is 17.0. The third-order valence-corrected chi connectivity index (χ3v) is 16.6. The van der Waals surface area contributed by atoms with Gasteiger partial charge in [-0.1, -0.05) is 19.9 Å². The highest BCUT2D eigenvalue weighted by atomic mass is 32.1. The Hall–Kier alpha value is -5.28. The van der Waals surface area contributed by atoms with Gasteiger partial charge in [0.15, 0.2) is 0 Å². The second-order valence-electron chi connectivity index (χ2n) is 20.1. The number of allylic oxidation sites excluding steroid dienone is 2. The summed E-state index contributed by atoms with van der Waals surface area (Å²) < 4.78 is 41.8. The number of methoxy groups -OCH3 is 2. The molecule has 11 rings (SSSR count). The number of ether oxygens (including phenoxy) is 4. The Balaban J connectivity index is 0.00000243. The summed E-state index contributed by atoms with van der Waals surface area (Å²) in [5.41, 5.74) is 7.29. The molecule has 15 nitrogen and oxygen atoms in total. The van der Waals surface area contributed by atoms with Crippen molar-refractivity contribution < 1.29 is 42.5 Å². The number of fused-ring (bicyclic) bond motifs is 5. The summed E-state index contributed by atoms with van der Waals surface area (Å²) in [4.78, 5) is 68.5. The Morgan fingerprint density at radius 3 is 2.03 bits per heavy atom. The van der Waals surface area contributed by atoms with Gasteiger partial charge in [-0.05, 0) is 134 Å². The van der Waals surface area contributed by atoms with E-state index in [2.05, 4.69) is 51.6 Å². The standard InChI is InChI=1S/C54H60FN7O8S.3H2S/c1-29(2)48(58-53(65)67-3)50(63)60-18-7-9-40(60)38-24-35(28-57-38)32-22-36(55)47-42-25-33-21-31(14-15-39(33)62(42)52(70-44(47)26-32)46-17-16-45(71-46)30-12-13-30)34-23-37(56-27-34)41-10-8-19-61(41)51(64)49(59-54(66)68-4)43-11-5-6-20-69-43;;;/h14-17,21-22,25-30,40-41,43,48-49,52H,5-13,18-20,23-24H2,1-4H3,(H,58,65)(H,59,66);3*1H2/t40-,41-,43?,48-,49?,52?;;;/m0.../s1. The number of carbonyl (C=O) groups excluding carboxylic acids is 4. The van der Waals surface area contributed by atoms with Crippen molar-refractivity contribution in [3.8, 4) is 17.0 Å². The maximum atomic E-state index is 17.0. The van der Waals surface area contributed by atoms with E-state index in [0.717, 1.165) is 88.1 Å². The summed E-state index contributed by atoms with van der Waals surface area (Å²) in [6.45, 7) is 5.45. The van der Waals surface area contributed by atoms with Crippen molar-refractivity contribution in [2.24, 2.45) is 15.9 Å². The van der Waals surface area contributed by atoms with E-state index in [1.165, 1.54) is 31.9 Å². The van der Waals surface area contributed by atoms with Crippen LogP contribution in [-0.4, -0.2) is 114 Å². The molecule has 6 atom stereocenters. The molecular formula is C54H66FN7O8S4. The number of rotatable bonds is 12. The van der Waals surface area contributed by atoms with E-state index in [1.54, 1.807) is 23.6 Å². The van der Waals surface area contributed by atoms with Crippen LogP contribution in [-0.2, 0) is 23.8 Å². The van der Waals surface area contributed by atoms with Crippen molar-refractivity contribution in [3.63, 3.8) is 0 Å². The molecule has 2 N–H and O–H groups in total. The smallest absolute Gasteiger partial charge is 0.407 e. The molecule has 1 saturated carbocycles. The molecule has 7 aliphatic rings. The van der Waals surface area contributed by atoms with Gasteiger partial charge >= 0.3 is 12.2 Å². The molecule has 0 bridgehead atoms. The monoisotopic (exact) mass is 1090 g/mol. The minimum atomic E-state index is -0.846. The lowest BCUT2D eigenvalue weighted by Gasteiger charge is -2.34. The van der Waals surface area contributed by atoms with Crippen LogP contribution >= 0.6 is 51.8 Å². The highest BCUT2D eigenvalue weighted by Crippen LogP contribution is 2.50. The fourth-order valence-electron chi connectivity index (χ4n) is 11.4. The Morgan fingerprint density at radius 2 is 1.39 bits per heavy atom. The molecular weight excluding hydrogens is 1020 g/mol. The zero-order valence-corrected chi connectivity index (χ0v) is 45.9. The van der Waals surface area contributed by atoms with Crippen molar-refractivity contribution in [2.45, 2.75) is 127 Å². The first kappa shape index (κ1) is 55.0. The van der Waals surface area contributed by atoms with Crippen LogP contribution < -0.4 is 15.4 Å². The molecule has 4 amide bonds. The van der Waals surface area contributed by atoms with Gasteiger partial charge < -0.3 is 39.4 Å². The van der Waals surface area contributed by atoms with E-state index < -0.39 is 42.4 Å².